The average molecular weight is 407 g/mol. The van der Waals surface area contributed by atoms with Gasteiger partial charge in [0.1, 0.15) is 5.75 Å². The van der Waals surface area contributed by atoms with Gasteiger partial charge in [-0.1, -0.05) is 23.5 Å². The van der Waals surface area contributed by atoms with Crippen LogP contribution in [0.25, 0.3) is 10.2 Å². The highest BCUT2D eigenvalue weighted by Gasteiger charge is 2.16. The molecule has 0 unspecified atom stereocenters. The molecule has 1 N–H and O–H groups in total. The average Bonchev–Trinajstić information content (AvgIpc) is 2.94. The van der Waals surface area contributed by atoms with Crippen LogP contribution in [0, 0.1) is 0 Å². The molecule has 0 saturated heterocycles. The summed E-state index contributed by atoms with van der Waals surface area (Å²) < 4.78 is 35.7. The van der Waals surface area contributed by atoms with E-state index in [0.717, 1.165) is 28.2 Å². The van der Waals surface area contributed by atoms with Gasteiger partial charge in [0.15, 0.2) is 0 Å². The third kappa shape index (κ3) is 4.40. The van der Waals surface area contributed by atoms with Crippen LogP contribution >= 0.6 is 11.3 Å². The summed E-state index contributed by atoms with van der Waals surface area (Å²) in [6.07, 6.45) is 0.0857. The van der Waals surface area contributed by atoms with Crippen molar-refractivity contribution in [3.63, 3.8) is 0 Å². The molecule has 0 saturated carbocycles. The lowest BCUT2D eigenvalue weighted by Crippen LogP contribution is -2.23. The van der Waals surface area contributed by atoms with Gasteiger partial charge in [-0.2, -0.15) is 0 Å². The molecule has 3 aromatic rings. The maximum absolute atomic E-state index is 12.6. The predicted molar refractivity (Wildman–Crippen MR) is 108 cm³/mol. The molecule has 8 heteroatoms. The lowest BCUT2D eigenvalue weighted by molar-refractivity contribution is 0.242. The van der Waals surface area contributed by atoms with Crippen molar-refractivity contribution in [2.75, 3.05) is 0 Å². The van der Waals surface area contributed by atoms with Crippen LogP contribution in [-0.4, -0.2) is 19.1 Å². The first-order chi connectivity index (χ1) is 12.8. The number of benzene rings is 2. The summed E-state index contributed by atoms with van der Waals surface area (Å²) in [5.41, 5.74) is 1.59. The van der Waals surface area contributed by atoms with Crippen LogP contribution in [0.5, 0.6) is 5.75 Å². The Balaban J connectivity index is 1.76. The van der Waals surface area contributed by atoms with E-state index in [-0.39, 0.29) is 22.4 Å². The third-order valence-electron chi connectivity index (χ3n) is 4.03. The summed E-state index contributed by atoms with van der Waals surface area (Å²) >= 11 is 1.06. The molecule has 144 valence electrons. The highest BCUT2D eigenvalue weighted by molar-refractivity contribution is 7.89. The topological polar surface area (TPSA) is 77.4 Å². The van der Waals surface area contributed by atoms with E-state index >= 15 is 0 Å². The number of sulfonamides is 1. The molecule has 0 spiro atoms. The van der Waals surface area contributed by atoms with E-state index < -0.39 is 10.0 Å². The Morgan fingerprint density at radius 2 is 1.85 bits per heavy atom. The van der Waals surface area contributed by atoms with Gasteiger partial charge in [0.25, 0.3) is 0 Å². The second-order valence-electron chi connectivity index (χ2n) is 6.38. The van der Waals surface area contributed by atoms with Crippen molar-refractivity contribution in [1.82, 2.24) is 9.29 Å². The van der Waals surface area contributed by atoms with Crippen LogP contribution in [0.4, 0.5) is 0 Å². The van der Waals surface area contributed by atoms with Gasteiger partial charge in [0.2, 0.25) is 10.0 Å². The van der Waals surface area contributed by atoms with Gasteiger partial charge in [0, 0.05) is 13.1 Å². The minimum absolute atomic E-state index is 0.0845. The summed E-state index contributed by atoms with van der Waals surface area (Å²) in [6, 6.07) is 12.1. The summed E-state index contributed by atoms with van der Waals surface area (Å²) in [6.45, 7) is 6.51. The van der Waals surface area contributed by atoms with Crippen LogP contribution in [0.1, 0.15) is 26.3 Å². The molecule has 0 aliphatic carbocycles. The lowest BCUT2D eigenvalue weighted by Gasteiger charge is -2.11. The lowest BCUT2D eigenvalue weighted by atomic mass is 10.2. The zero-order valence-electron chi connectivity index (χ0n) is 15.4. The number of nitrogens with zero attached hydrogens (tertiary/aromatic N) is 1. The number of aromatic nitrogens is 1. The van der Waals surface area contributed by atoms with Gasteiger partial charge in [-0.15, -0.1) is 0 Å². The number of ether oxygens (including phenoxy) is 1. The van der Waals surface area contributed by atoms with E-state index in [1.165, 1.54) is 6.07 Å². The Bertz CT molecular complexity index is 1100. The Morgan fingerprint density at radius 3 is 2.48 bits per heavy atom. The molecule has 0 fully saturated rings. The molecule has 6 nitrogen and oxygen atoms in total. The Hall–Kier alpha value is -2.16. The van der Waals surface area contributed by atoms with Crippen LogP contribution in [0.15, 0.2) is 52.2 Å². The highest BCUT2D eigenvalue weighted by atomic mass is 32.2. The number of fused-ring (bicyclic) bond motifs is 1. The summed E-state index contributed by atoms with van der Waals surface area (Å²) in [7, 11) is -3.68. The Morgan fingerprint density at radius 1 is 1.15 bits per heavy atom. The number of aryl methyl sites for hydroxylation is 1. The minimum atomic E-state index is -3.68. The van der Waals surface area contributed by atoms with Crippen molar-refractivity contribution in [2.45, 2.75) is 44.9 Å². The van der Waals surface area contributed by atoms with E-state index in [0.29, 0.717) is 11.2 Å². The fourth-order valence-corrected chi connectivity index (χ4v) is 4.85. The maximum atomic E-state index is 12.6. The largest absolute Gasteiger partial charge is 0.491 e. The van der Waals surface area contributed by atoms with Gasteiger partial charge < -0.3 is 4.74 Å². The molecule has 3 rings (SSSR count). The number of thiazole rings is 1. The SMILES string of the molecule is CCn1c(=O)sc2cc(S(=O)(=O)NCc3ccc(OC(C)C)cc3)ccc21. The van der Waals surface area contributed by atoms with E-state index in [4.69, 9.17) is 4.74 Å². The van der Waals surface area contributed by atoms with Gasteiger partial charge in [-0.05, 0) is 56.7 Å². The Labute approximate surface area is 162 Å². The number of nitrogens with one attached hydrogen (secondary N) is 1. The monoisotopic (exact) mass is 406 g/mol. The van der Waals surface area contributed by atoms with Crippen LogP contribution < -0.4 is 14.3 Å². The molecular formula is C19H22N2O4S2. The van der Waals surface area contributed by atoms with Gasteiger partial charge in [-0.25, -0.2) is 13.1 Å². The number of hydrogen-bond acceptors (Lipinski definition) is 5. The molecular weight excluding hydrogens is 384 g/mol. The molecule has 2 aromatic carbocycles. The van der Waals surface area contributed by atoms with Crippen molar-refractivity contribution in [3.8, 4) is 5.75 Å². The molecule has 27 heavy (non-hydrogen) atoms. The van der Waals surface area contributed by atoms with E-state index in [1.807, 2.05) is 45.0 Å². The van der Waals surface area contributed by atoms with Gasteiger partial charge in [-0.3, -0.25) is 9.36 Å². The van der Waals surface area contributed by atoms with Crippen molar-refractivity contribution >= 4 is 31.6 Å². The molecule has 0 aliphatic heterocycles. The summed E-state index contributed by atoms with van der Waals surface area (Å²) in [4.78, 5) is 12.0. The maximum Gasteiger partial charge on any atom is 0.308 e. The standard InChI is InChI=1S/C19H22N2O4S2/c1-4-21-17-10-9-16(11-18(17)26-19(21)22)27(23,24)20-12-14-5-7-15(8-6-14)25-13(2)3/h5-11,13,20H,4,12H2,1-3H3. The molecule has 0 atom stereocenters. The molecule has 0 radical (unpaired) electrons. The predicted octanol–water partition coefficient (Wildman–Crippen LogP) is 3.35. The molecule has 1 aromatic heterocycles. The van der Waals surface area contributed by atoms with Crippen molar-refractivity contribution in [3.05, 3.63) is 57.7 Å². The third-order valence-corrected chi connectivity index (χ3v) is 6.37. The molecule has 0 aliphatic rings. The van der Waals surface area contributed by atoms with Crippen molar-refractivity contribution in [1.29, 1.82) is 0 Å². The number of rotatable bonds is 7. The quantitative estimate of drug-likeness (QED) is 0.653. The van der Waals surface area contributed by atoms with E-state index in [2.05, 4.69) is 4.72 Å². The van der Waals surface area contributed by atoms with Crippen LogP contribution in [-0.2, 0) is 23.1 Å². The first-order valence-electron chi connectivity index (χ1n) is 8.69. The fraction of sp³-hybridized carbons (Fsp3) is 0.316. The number of hydrogen-bond donors (Lipinski definition) is 1. The minimum Gasteiger partial charge on any atom is -0.491 e. The second kappa shape index (κ2) is 7.84. The summed E-state index contributed by atoms with van der Waals surface area (Å²) in [5.74, 6) is 0.748. The smallest absolute Gasteiger partial charge is 0.308 e. The zero-order valence-corrected chi connectivity index (χ0v) is 17.1. The molecule has 0 amide bonds. The van der Waals surface area contributed by atoms with E-state index in [1.54, 1.807) is 16.7 Å². The zero-order chi connectivity index (χ0) is 19.6. The first kappa shape index (κ1) is 19.6. The molecule has 1 heterocycles. The van der Waals surface area contributed by atoms with E-state index in [9.17, 15) is 13.2 Å². The first-order valence-corrected chi connectivity index (χ1v) is 11.0. The fourth-order valence-electron chi connectivity index (χ4n) is 2.73. The second-order valence-corrected chi connectivity index (χ2v) is 9.14. The van der Waals surface area contributed by atoms with Crippen molar-refractivity contribution in [2.24, 2.45) is 0 Å². The Kier molecular flexibility index (Phi) is 5.69. The van der Waals surface area contributed by atoms with Crippen LogP contribution in [0.3, 0.4) is 0 Å². The van der Waals surface area contributed by atoms with Crippen LogP contribution in [0.2, 0.25) is 0 Å². The van der Waals surface area contributed by atoms with Crippen molar-refractivity contribution < 1.29 is 13.2 Å². The van der Waals surface area contributed by atoms with Gasteiger partial charge in [0.05, 0.1) is 21.2 Å². The molecule has 0 bridgehead atoms. The normalized spacial score (nSPS) is 12.0. The highest BCUT2D eigenvalue weighted by Crippen LogP contribution is 2.22. The van der Waals surface area contributed by atoms with Gasteiger partial charge >= 0.3 is 4.87 Å². The summed E-state index contributed by atoms with van der Waals surface area (Å²) in [5, 5.41) is 0.